The molecule has 1 atom stereocenters. The third kappa shape index (κ3) is 1.54. The number of ketones is 1. The van der Waals surface area contributed by atoms with Gasteiger partial charge in [-0.15, -0.1) is 0 Å². The predicted octanol–water partition coefficient (Wildman–Crippen LogP) is 2.72. The second-order valence-electron chi connectivity index (χ2n) is 4.40. The van der Waals surface area contributed by atoms with E-state index in [-0.39, 0.29) is 11.7 Å². The first-order chi connectivity index (χ1) is 8.79. The molecule has 1 aliphatic rings. The highest BCUT2D eigenvalue weighted by atomic mass is 16.1. The molecule has 2 N–H and O–H groups in total. The zero-order valence-corrected chi connectivity index (χ0v) is 9.84. The van der Waals surface area contributed by atoms with Gasteiger partial charge in [-0.05, 0) is 11.1 Å². The minimum absolute atomic E-state index is 0.116. The van der Waals surface area contributed by atoms with Crippen LogP contribution in [0.4, 0.5) is 0 Å². The molecule has 0 bridgehead atoms. The van der Waals surface area contributed by atoms with Gasteiger partial charge < -0.3 is 5.73 Å². The Balaban J connectivity index is 2.01. The van der Waals surface area contributed by atoms with Gasteiger partial charge in [-0.3, -0.25) is 4.79 Å². The third-order valence-corrected chi connectivity index (χ3v) is 3.30. The lowest BCUT2D eigenvalue weighted by Crippen LogP contribution is -2.32. The molecule has 0 amide bonds. The van der Waals surface area contributed by atoms with E-state index in [4.69, 9.17) is 5.73 Å². The van der Waals surface area contributed by atoms with Crippen LogP contribution in [-0.2, 0) is 4.79 Å². The number of nitrogens with two attached hydrogens (primary N) is 1. The monoisotopic (exact) mass is 235 g/mol. The van der Waals surface area contributed by atoms with Crippen LogP contribution in [0.5, 0.6) is 0 Å². The summed E-state index contributed by atoms with van der Waals surface area (Å²) in [6.45, 7) is 0. The Morgan fingerprint density at radius 1 is 0.833 bits per heavy atom. The number of rotatable bonds is 2. The first-order valence-electron chi connectivity index (χ1n) is 5.93. The third-order valence-electron chi connectivity index (χ3n) is 3.30. The minimum atomic E-state index is -0.263. The second kappa shape index (κ2) is 4.15. The largest absolute Gasteiger partial charge is 0.401 e. The Morgan fingerprint density at radius 3 is 1.94 bits per heavy atom. The lowest BCUT2D eigenvalue weighted by atomic mass is 9.74. The fourth-order valence-corrected chi connectivity index (χ4v) is 2.38. The molecule has 1 unspecified atom stereocenters. The van der Waals surface area contributed by atoms with Crippen molar-refractivity contribution in [3.63, 3.8) is 0 Å². The fourth-order valence-electron chi connectivity index (χ4n) is 2.38. The highest BCUT2D eigenvalue weighted by Gasteiger charge is 2.38. The van der Waals surface area contributed by atoms with Gasteiger partial charge in [0.2, 0.25) is 0 Å². The Morgan fingerprint density at radius 2 is 1.39 bits per heavy atom. The average molecular weight is 235 g/mol. The summed E-state index contributed by atoms with van der Waals surface area (Å²) in [6.07, 6.45) is 0. The molecule has 18 heavy (non-hydrogen) atoms. The van der Waals surface area contributed by atoms with Crippen LogP contribution in [0.2, 0.25) is 0 Å². The number of hydrogen-bond donors (Lipinski definition) is 1. The van der Waals surface area contributed by atoms with E-state index in [1.165, 1.54) is 0 Å². The average Bonchev–Trinajstić information content (AvgIpc) is 2.41. The number of allylic oxidation sites excluding steroid dienone is 2. The summed E-state index contributed by atoms with van der Waals surface area (Å²) in [6, 6.07) is 19.3. The number of hydrogen-bond acceptors (Lipinski definition) is 2. The van der Waals surface area contributed by atoms with E-state index in [0.717, 1.165) is 11.1 Å². The van der Waals surface area contributed by atoms with Crippen molar-refractivity contribution in [3.8, 4) is 0 Å². The van der Waals surface area contributed by atoms with Crippen LogP contribution >= 0.6 is 0 Å². The predicted molar refractivity (Wildman–Crippen MR) is 71.7 cm³/mol. The van der Waals surface area contributed by atoms with Gasteiger partial charge in [0.05, 0.1) is 5.92 Å². The van der Waals surface area contributed by atoms with E-state index < -0.39 is 0 Å². The molecule has 1 aliphatic carbocycles. The summed E-state index contributed by atoms with van der Waals surface area (Å²) in [4.78, 5) is 12.2. The molecule has 2 nitrogen and oxygen atoms in total. The highest BCUT2D eigenvalue weighted by Crippen LogP contribution is 2.41. The molecule has 0 spiro atoms. The van der Waals surface area contributed by atoms with Crippen molar-refractivity contribution < 1.29 is 4.79 Å². The molecule has 0 fully saturated rings. The molecule has 0 aliphatic heterocycles. The van der Waals surface area contributed by atoms with E-state index >= 15 is 0 Å². The molecule has 2 heteroatoms. The van der Waals surface area contributed by atoms with Crippen molar-refractivity contribution in [2.24, 2.45) is 5.73 Å². The van der Waals surface area contributed by atoms with Crippen LogP contribution in [0.3, 0.4) is 0 Å². The van der Waals surface area contributed by atoms with E-state index in [1.54, 1.807) is 0 Å². The van der Waals surface area contributed by atoms with E-state index in [9.17, 15) is 4.79 Å². The summed E-state index contributed by atoms with van der Waals surface area (Å²) in [5.41, 5.74) is 9.31. The van der Waals surface area contributed by atoms with Gasteiger partial charge >= 0.3 is 0 Å². The van der Waals surface area contributed by atoms with Crippen molar-refractivity contribution in [1.82, 2.24) is 0 Å². The molecule has 0 radical (unpaired) electrons. The maximum atomic E-state index is 12.2. The van der Waals surface area contributed by atoms with Crippen LogP contribution in [0, 0.1) is 0 Å². The highest BCUT2D eigenvalue weighted by molar-refractivity contribution is 6.32. The first kappa shape index (κ1) is 10.8. The topological polar surface area (TPSA) is 43.1 Å². The summed E-state index contributed by atoms with van der Waals surface area (Å²) in [5.74, 6) is -0.147. The number of carbonyl (C=O) groups is 1. The molecule has 0 saturated heterocycles. The molecule has 0 heterocycles. The molecular weight excluding hydrogens is 222 g/mol. The molecular formula is C16H13NO. The number of benzene rings is 2. The van der Waals surface area contributed by atoms with E-state index in [1.807, 2.05) is 60.7 Å². The van der Waals surface area contributed by atoms with Gasteiger partial charge in [0.1, 0.15) is 0 Å². The van der Waals surface area contributed by atoms with Crippen LogP contribution in [0.1, 0.15) is 17.0 Å². The van der Waals surface area contributed by atoms with Crippen molar-refractivity contribution in [2.75, 3.05) is 0 Å². The van der Waals surface area contributed by atoms with Crippen LogP contribution in [0.25, 0.3) is 5.57 Å². The Kier molecular flexibility index (Phi) is 2.49. The van der Waals surface area contributed by atoms with Gasteiger partial charge in [0, 0.05) is 11.3 Å². The van der Waals surface area contributed by atoms with Crippen molar-refractivity contribution in [3.05, 3.63) is 77.5 Å². The minimum Gasteiger partial charge on any atom is -0.401 e. The molecule has 3 rings (SSSR count). The smallest absolute Gasteiger partial charge is 0.178 e. The summed E-state index contributed by atoms with van der Waals surface area (Å²) in [5, 5.41) is 0. The van der Waals surface area contributed by atoms with Gasteiger partial charge in [-0.1, -0.05) is 60.7 Å². The molecule has 0 aromatic heterocycles. The summed E-state index contributed by atoms with van der Waals surface area (Å²) < 4.78 is 0. The molecule has 2 aromatic rings. The Bertz CT molecular complexity index is 614. The summed E-state index contributed by atoms with van der Waals surface area (Å²) in [7, 11) is 0. The first-order valence-corrected chi connectivity index (χ1v) is 5.93. The number of Topliss-reactive ketones (excluding diaryl/α,β-unsaturated/α-hetero) is 1. The zero-order valence-electron chi connectivity index (χ0n) is 9.84. The van der Waals surface area contributed by atoms with Gasteiger partial charge in [0.15, 0.2) is 5.78 Å². The zero-order chi connectivity index (χ0) is 12.5. The quantitative estimate of drug-likeness (QED) is 0.869. The second-order valence-corrected chi connectivity index (χ2v) is 4.40. The lowest BCUT2D eigenvalue weighted by Gasteiger charge is -2.29. The molecule has 88 valence electrons. The van der Waals surface area contributed by atoms with Crippen molar-refractivity contribution >= 4 is 11.4 Å². The SMILES string of the molecule is NC1=C(c2ccccc2)C(=O)C1c1ccccc1. The number of carbonyl (C=O) groups excluding carboxylic acids is 1. The molecule has 2 aromatic carbocycles. The van der Waals surface area contributed by atoms with E-state index in [0.29, 0.717) is 11.3 Å². The maximum Gasteiger partial charge on any atom is 0.178 e. The maximum absolute atomic E-state index is 12.2. The van der Waals surface area contributed by atoms with Crippen molar-refractivity contribution in [2.45, 2.75) is 5.92 Å². The van der Waals surface area contributed by atoms with Crippen LogP contribution < -0.4 is 5.73 Å². The van der Waals surface area contributed by atoms with Crippen LogP contribution in [-0.4, -0.2) is 5.78 Å². The Labute approximate surface area is 106 Å². The van der Waals surface area contributed by atoms with Gasteiger partial charge in [-0.25, -0.2) is 0 Å². The van der Waals surface area contributed by atoms with Gasteiger partial charge in [0.25, 0.3) is 0 Å². The van der Waals surface area contributed by atoms with Crippen LogP contribution in [0.15, 0.2) is 66.4 Å². The Hall–Kier alpha value is -2.35. The molecule has 0 saturated carbocycles. The van der Waals surface area contributed by atoms with Gasteiger partial charge in [-0.2, -0.15) is 0 Å². The standard InChI is InChI=1S/C16H13NO/c17-15-13(11-7-3-1-4-8-11)16(18)14(15)12-9-5-2-6-10-12/h1-10,13H,17H2. The fraction of sp³-hybridized carbons (Fsp3) is 0.0625. The summed E-state index contributed by atoms with van der Waals surface area (Å²) >= 11 is 0. The lowest BCUT2D eigenvalue weighted by molar-refractivity contribution is -0.115. The van der Waals surface area contributed by atoms with Crippen molar-refractivity contribution in [1.29, 1.82) is 0 Å². The van der Waals surface area contributed by atoms with E-state index in [2.05, 4.69) is 0 Å². The normalized spacial score (nSPS) is 18.7.